The molecule has 4 aromatic rings. The molecule has 0 radical (unpaired) electrons. The van der Waals surface area contributed by atoms with Gasteiger partial charge in [0, 0.05) is 11.1 Å². The summed E-state index contributed by atoms with van der Waals surface area (Å²) in [4.78, 5) is 12.5. The fourth-order valence-electron chi connectivity index (χ4n) is 3.00. The van der Waals surface area contributed by atoms with Crippen LogP contribution in [0.3, 0.4) is 0 Å². The molecule has 0 atom stereocenters. The van der Waals surface area contributed by atoms with Gasteiger partial charge in [-0.2, -0.15) is 5.10 Å². The van der Waals surface area contributed by atoms with Crippen LogP contribution in [-0.2, 0) is 21.2 Å². The number of amides is 1. The number of nitrogens with one attached hydrogen (secondary N) is 3. The predicted molar refractivity (Wildman–Crippen MR) is 117 cm³/mol. The van der Waals surface area contributed by atoms with E-state index in [0.717, 1.165) is 10.9 Å². The summed E-state index contributed by atoms with van der Waals surface area (Å²) in [7, 11) is -3.87. The predicted octanol–water partition coefficient (Wildman–Crippen LogP) is 4.20. The Hall–Kier alpha value is -3.36. The molecule has 1 heterocycles. The van der Waals surface area contributed by atoms with Gasteiger partial charge in [-0.15, -0.1) is 0 Å². The standard InChI is InChI=1S/C21H17ClN4O3S/c22-17-9-2-4-11-19(17)26-30(28,29)15-7-5-6-14(12-15)23-21(27)13-20-16-8-1-3-10-18(16)24-25-20/h1-12,26H,13H2,(H,23,27)(H,24,25). The molecule has 0 aliphatic rings. The number of aromatic nitrogens is 2. The van der Waals surface area contributed by atoms with Gasteiger partial charge in [0.15, 0.2) is 0 Å². The van der Waals surface area contributed by atoms with Crippen LogP contribution in [0, 0.1) is 0 Å². The molecule has 0 bridgehead atoms. The van der Waals surface area contributed by atoms with E-state index in [1.807, 2.05) is 24.3 Å². The van der Waals surface area contributed by atoms with Crippen LogP contribution in [0.15, 0.2) is 77.7 Å². The third-order valence-electron chi connectivity index (χ3n) is 4.42. The molecule has 0 aliphatic carbocycles. The Balaban J connectivity index is 1.50. The molecule has 4 rings (SSSR count). The van der Waals surface area contributed by atoms with Crippen LogP contribution in [0.4, 0.5) is 11.4 Å². The molecule has 0 aliphatic heterocycles. The molecule has 9 heteroatoms. The molecule has 0 unspecified atom stereocenters. The SMILES string of the molecule is O=C(Cc1[nH]nc2ccccc12)Nc1cccc(S(=O)(=O)Nc2ccccc2Cl)c1. The van der Waals surface area contributed by atoms with Crippen molar-refractivity contribution in [2.24, 2.45) is 0 Å². The third kappa shape index (κ3) is 4.29. The first kappa shape index (κ1) is 19.9. The maximum Gasteiger partial charge on any atom is 0.262 e. The van der Waals surface area contributed by atoms with E-state index in [-0.39, 0.29) is 27.9 Å². The highest BCUT2D eigenvalue weighted by Crippen LogP contribution is 2.25. The molecule has 0 saturated heterocycles. The van der Waals surface area contributed by atoms with Crippen molar-refractivity contribution in [3.8, 4) is 0 Å². The smallest absolute Gasteiger partial charge is 0.262 e. The Morgan fingerprint density at radius 3 is 2.60 bits per heavy atom. The number of rotatable bonds is 6. The molecule has 7 nitrogen and oxygen atoms in total. The average Bonchev–Trinajstić information content (AvgIpc) is 3.13. The van der Waals surface area contributed by atoms with Gasteiger partial charge in [0.1, 0.15) is 0 Å². The Labute approximate surface area is 178 Å². The summed E-state index contributed by atoms with van der Waals surface area (Å²) in [5.41, 5.74) is 2.11. The van der Waals surface area contributed by atoms with Crippen molar-refractivity contribution in [2.45, 2.75) is 11.3 Å². The van der Waals surface area contributed by atoms with Crippen LogP contribution in [0.2, 0.25) is 5.02 Å². The molecule has 30 heavy (non-hydrogen) atoms. The summed E-state index contributed by atoms with van der Waals surface area (Å²) in [5, 5.41) is 10.9. The number of aromatic amines is 1. The molecular formula is C21H17ClN4O3S. The van der Waals surface area contributed by atoms with E-state index in [2.05, 4.69) is 20.2 Å². The lowest BCUT2D eigenvalue weighted by Crippen LogP contribution is -2.16. The summed E-state index contributed by atoms with van der Waals surface area (Å²) in [5.74, 6) is -0.294. The Bertz CT molecular complexity index is 1330. The Morgan fingerprint density at radius 1 is 1.00 bits per heavy atom. The fraction of sp³-hybridized carbons (Fsp3) is 0.0476. The first-order valence-electron chi connectivity index (χ1n) is 9.02. The second-order valence-electron chi connectivity index (χ2n) is 6.56. The van der Waals surface area contributed by atoms with Gasteiger partial charge in [0.2, 0.25) is 5.91 Å². The summed E-state index contributed by atoms with van der Waals surface area (Å²) in [6.45, 7) is 0. The van der Waals surface area contributed by atoms with E-state index in [1.165, 1.54) is 12.1 Å². The molecule has 152 valence electrons. The summed E-state index contributed by atoms with van der Waals surface area (Å²) < 4.78 is 27.9. The summed E-state index contributed by atoms with van der Waals surface area (Å²) in [6, 6.07) is 20.0. The largest absolute Gasteiger partial charge is 0.326 e. The first-order valence-corrected chi connectivity index (χ1v) is 10.9. The minimum atomic E-state index is -3.87. The number of fused-ring (bicyclic) bond motifs is 1. The number of hydrogen-bond donors (Lipinski definition) is 3. The van der Waals surface area contributed by atoms with Gasteiger partial charge in [0.25, 0.3) is 10.0 Å². The number of hydrogen-bond acceptors (Lipinski definition) is 4. The number of carbonyl (C=O) groups excluding carboxylic acids is 1. The first-order chi connectivity index (χ1) is 14.4. The summed E-state index contributed by atoms with van der Waals surface area (Å²) >= 11 is 6.03. The van der Waals surface area contributed by atoms with E-state index in [0.29, 0.717) is 11.4 Å². The zero-order chi connectivity index (χ0) is 21.1. The number of H-pyrrole nitrogens is 1. The fourth-order valence-corrected chi connectivity index (χ4v) is 4.37. The minimum absolute atomic E-state index is 0.00668. The van der Waals surface area contributed by atoms with Gasteiger partial charge >= 0.3 is 0 Å². The van der Waals surface area contributed by atoms with E-state index in [1.54, 1.807) is 36.4 Å². The zero-order valence-corrected chi connectivity index (χ0v) is 17.2. The number of sulfonamides is 1. The second kappa shape index (κ2) is 8.17. The van der Waals surface area contributed by atoms with Gasteiger partial charge in [-0.1, -0.05) is 48.0 Å². The minimum Gasteiger partial charge on any atom is -0.326 e. The van der Waals surface area contributed by atoms with Crippen LogP contribution >= 0.6 is 11.6 Å². The van der Waals surface area contributed by atoms with Crippen LogP contribution < -0.4 is 10.0 Å². The van der Waals surface area contributed by atoms with Gasteiger partial charge in [-0.3, -0.25) is 14.6 Å². The van der Waals surface area contributed by atoms with Gasteiger partial charge in [-0.25, -0.2) is 8.42 Å². The third-order valence-corrected chi connectivity index (χ3v) is 6.12. The van der Waals surface area contributed by atoms with Crippen molar-refractivity contribution < 1.29 is 13.2 Å². The molecule has 0 fully saturated rings. The lowest BCUT2D eigenvalue weighted by atomic mass is 10.1. The summed E-state index contributed by atoms with van der Waals surface area (Å²) in [6.07, 6.45) is 0.0787. The normalized spacial score (nSPS) is 11.4. The molecular weight excluding hydrogens is 424 g/mol. The van der Waals surface area contributed by atoms with Crippen LogP contribution in [0.5, 0.6) is 0 Å². The highest BCUT2D eigenvalue weighted by Gasteiger charge is 2.17. The average molecular weight is 441 g/mol. The zero-order valence-electron chi connectivity index (χ0n) is 15.6. The molecule has 0 spiro atoms. The monoisotopic (exact) mass is 440 g/mol. The van der Waals surface area contributed by atoms with Crippen molar-refractivity contribution >= 4 is 49.8 Å². The van der Waals surface area contributed by atoms with Crippen molar-refractivity contribution in [1.82, 2.24) is 10.2 Å². The van der Waals surface area contributed by atoms with Crippen molar-refractivity contribution in [3.63, 3.8) is 0 Å². The maximum absolute atomic E-state index is 12.7. The van der Waals surface area contributed by atoms with Crippen LogP contribution in [-0.4, -0.2) is 24.5 Å². The number of carbonyl (C=O) groups is 1. The highest BCUT2D eigenvalue weighted by atomic mass is 35.5. The molecule has 1 amide bonds. The molecule has 3 N–H and O–H groups in total. The second-order valence-corrected chi connectivity index (χ2v) is 8.65. The molecule has 0 saturated carbocycles. The molecule has 3 aromatic carbocycles. The van der Waals surface area contributed by atoms with Gasteiger partial charge in [-0.05, 0) is 36.4 Å². The maximum atomic E-state index is 12.7. The number of halogens is 1. The van der Waals surface area contributed by atoms with E-state index < -0.39 is 10.0 Å². The number of anilines is 2. The lowest BCUT2D eigenvalue weighted by Gasteiger charge is -2.11. The molecule has 1 aromatic heterocycles. The number of benzene rings is 3. The quantitative estimate of drug-likeness (QED) is 0.418. The number of para-hydroxylation sites is 2. The van der Waals surface area contributed by atoms with E-state index in [4.69, 9.17) is 11.6 Å². The van der Waals surface area contributed by atoms with Crippen LogP contribution in [0.1, 0.15) is 5.69 Å². The highest BCUT2D eigenvalue weighted by molar-refractivity contribution is 7.92. The number of nitrogens with zero attached hydrogens (tertiary/aromatic N) is 1. The van der Waals surface area contributed by atoms with Crippen molar-refractivity contribution in [3.05, 3.63) is 83.5 Å². The lowest BCUT2D eigenvalue weighted by molar-refractivity contribution is -0.115. The van der Waals surface area contributed by atoms with E-state index >= 15 is 0 Å². The van der Waals surface area contributed by atoms with Gasteiger partial charge < -0.3 is 5.32 Å². The van der Waals surface area contributed by atoms with Crippen molar-refractivity contribution in [2.75, 3.05) is 10.0 Å². The Kier molecular flexibility index (Phi) is 5.43. The van der Waals surface area contributed by atoms with Gasteiger partial charge in [0.05, 0.1) is 33.2 Å². The Morgan fingerprint density at radius 2 is 1.77 bits per heavy atom. The van der Waals surface area contributed by atoms with Crippen LogP contribution in [0.25, 0.3) is 10.9 Å². The topological polar surface area (TPSA) is 104 Å². The van der Waals surface area contributed by atoms with Crippen molar-refractivity contribution in [1.29, 1.82) is 0 Å². The van der Waals surface area contributed by atoms with E-state index in [9.17, 15) is 13.2 Å².